The number of rotatable bonds is 7. The SMILES string of the molecule is CCNC(=O)c1cccc(-n2c(=O)[nH]c3c(C(N)=O)nc(-c4ccc(OCC)cc4)nc32)c1. The van der Waals surface area contributed by atoms with Crippen LogP contribution in [0.5, 0.6) is 5.75 Å². The maximum atomic E-state index is 12.9. The van der Waals surface area contributed by atoms with E-state index in [4.69, 9.17) is 10.5 Å². The van der Waals surface area contributed by atoms with Gasteiger partial charge in [-0.25, -0.2) is 19.3 Å². The van der Waals surface area contributed by atoms with E-state index in [9.17, 15) is 14.4 Å². The molecule has 4 N–H and O–H groups in total. The number of aromatic amines is 1. The number of hydrogen-bond acceptors (Lipinski definition) is 6. The zero-order chi connectivity index (χ0) is 23.5. The fourth-order valence-electron chi connectivity index (χ4n) is 3.45. The number of benzene rings is 2. The Bertz CT molecular complexity index is 1400. The third kappa shape index (κ3) is 4.18. The lowest BCUT2D eigenvalue weighted by atomic mass is 10.2. The van der Waals surface area contributed by atoms with Crippen molar-refractivity contribution in [2.24, 2.45) is 5.73 Å². The van der Waals surface area contributed by atoms with Crippen molar-refractivity contribution in [2.45, 2.75) is 13.8 Å². The maximum Gasteiger partial charge on any atom is 0.332 e. The van der Waals surface area contributed by atoms with Gasteiger partial charge in [-0.05, 0) is 56.3 Å². The molecule has 0 spiro atoms. The Morgan fingerprint density at radius 3 is 2.55 bits per heavy atom. The first-order chi connectivity index (χ1) is 15.9. The molecule has 2 heterocycles. The van der Waals surface area contributed by atoms with Gasteiger partial charge in [0.1, 0.15) is 11.3 Å². The van der Waals surface area contributed by atoms with E-state index >= 15 is 0 Å². The van der Waals surface area contributed by atoms with Gasteiger partial charge < -0.3 is 20.8 Å². The molecule has 0 bridgehead atoms. The second kappa shape index (κ2) is 8.95. The number of aromatic nitrogens is 4. The Labute approximate surface area is 188 Å². The topological polar surface area (TPSA) is 145 Å². The van der Waals surface area contributed by atoms with Gasteiger partial charge in [0, 0.05) is 17.7 Å². The van der Waals surface area contributed by atoms with Crippen molar-refractivity contribution < 1.29 is 14.3 Å². The van der Waals surface area contributed by atoms with Crippen LogP contribution in [0, 0.1) is 0 Å². The van der Waals surface area contributed by atoms with E-state index in [1.54, 1.807) is 48.5 Å². The summed E-state index contributed by atoms with van der Waals surface area (Å²) in [6.07, 6.45) is 0. The quantitative estimate of drug-likeness (QED) is 0.396. The number of hydrogen-bond donors (Lipinski definition) is 3. The summed E-state index contributed by atoms with van der Waals surface area (Å²) >= 11 is 0. The fourth-order valence-corrected chi connectivity index (χ4v) is 3.45. The summed E-state index contributed by atoms with van der Waals surface area (Å²) in [7, 11) is 0. The molecule has 2 amide bonds. The van der Waals surface area contributed by atoms with E-state index in [2.05, 4.69) is 20.3 Å². The molecule has 0 saturated heterocycles. The molecule has 10 nitrogen and oxygen atoms in total. The monoisotopic (exact) mass is 446 g/mol. The van der Waals surface area contributed by atoms with Crippen molar-refractivity contribution in [2.75, 3.05) is 13.2 Å². The second-order valence-corrected chi connectivity index (χ2v) is 7.09. The van der Waals surface area contributed by atoms with Gasteiger partial charge in [0.05, 0.1) is 12.3 Å². The van der Waals surface area contributed by atoms with Crippen LogP contribution in [0.25, 0.3) is 28.2 Å². The Hall–Kier alpha value is -4.47. The van der Waals surface area contributed by atoms with Gasteiger partial charge in [0.25, 0.3) is 11.8 Å². The molecule has 33 heavy (non-hydrogen) atoms. The van der Waals surface area contributed by atoms with E-state index in [0.29, 0.717) is 35.7 Å². The van der Waals surface area contributed by atoms with Crippen LogP contribution in [0.4, 0.5) is 0 Å². The smallest absolute Gasteiger partial charge is 0.332 e. The summed E-state index contributed by atoms with van der Waals surface area (Å²) in [5, 5.41) is 2.72. The van der Waals surface area contributed by atoms with E-state index in [1.807, 2.05) is 13.8 Å². The minimum atomic E-state index is -0.806. The van der Waals surface area contributed by atoms with Crippen LogP contribution >= 0.6 is 0 Å². The first kappa shape index (κ1) is 21.8. The van der Waals surface area contributed by atoms with E-state index < -0.39 is 11.6 Å². The molecule has 2 aromatic heterocycles. The van der Waals surface area contributed by atoms with E-state index in [-0.39, 0.29) is 28.6 Å². The van der Waals surface area contributed by atoms with Crippen molar-refractivity contribution in [3.8, 4) is 22.8 Å². The number of primary amides is 1. The second-order valence-electron chi connectivity index (χ2n) is 7.09. The van der Waals surface area contributed by atoms with E-state index in [0.717, 1.165) is 0 Å². The number of imidazole rings is 1. The van der Waals surface area contributed by atoms with Gasteiger partial charge in [-0.2, -0.15) is 0 Å². The van der Waals surface area contributed by atoms with Gasteiger partial charge in [0.2, 0.25) is 0 Å². The molecule has 0 aliphatic rings. The van der Waals surface area contributed by atoms with E-state index in [1.165, 1.54) is 4.57 Å². The highest BCUT2D eigenvalue weighted by Crippen LogP contribution is 2.24. The fraction of sp³-hybridized carbons (Fsp3) is 0.174. The summed E-state index contributed by atoms with van der Waals surface area (Å²) in [6, 6.07) is 13.6. The van der Waals surface area contributed by atoms with Gasteiger partial charge in [-0.3, -0.25) is 9.59 Å². The Kier molecular flexibility index (Phi) is 5.90. The lowest BCUT2D eigenvalue weighted by molar-refractivity contribution is 0.0954. The number of nitrogens with two attached hydrogens (primary N) is 1. The van der Waals surface area contributed by atoms with Crippen LogP contribution in [0.1, 0.15) is 34.7 Å². The van der Waals surface area contributed by atoms with Crippen LogP contribution in [0.15, 0.2) is 53.3 Å². The molecule has 0 aliphatic heterocycles. The summed E-state index contributed by atoms with van der Waals surface area (Å²) < 4.78 is 6.74. The van der Waals surface area contributed by atoms with Crippen LogP contribution in [0.3, 0.4) is 0 Å². The standard InChI is InChI=1S/C23H22N6O4/c1-3-25-22(31)14-6-5-7-15(12-14)29-21-18(27-23(29)32)17(19(24)30)26-20(28-21)13-8-10-16(11-9-13)33-4-2/h5-12H,3-4H2,1-2H3,(H2,24,30)(H,25,31)(H,27,32). The molecule has 10 heteroatoms. The predicted molar refractivity (Wildman–Crippen MR) is 123 cm³/mol. The lowest BCUT2D eigenvalue weighted by Crippen LogP contribution is -2.23. The van der Waals surface area contributed by atoms with Crippen molar-refractivity contribution in [1.82, 2.24) is 24.8 Å². The molecule has 0 atom stereocenters. The molecule has 0 radical (unpaired) electrons. The number of fused-ring (bicyclic) bond motifs is 1. The van der Waals surface area contributed by atoms with Crippen LogP contribution < -0.4 is 21.5 Å². The molecular formula is C23H22N6O4. The predicted octanol–water partition coefficient (Wildman–Crippen LogP) is 2.02. The largest absolute Gasteiger partial charge is 0.494 e. The first-order valence-electron chi connectivity index (χ1n) is 10.4. The number of amides is 2. The van der Waals surface area contributed by atoms with Crippen molar-refractivity contribution >= 4 is 23.0 Å². The Balaban J connectivity index is 1.91. The van der Waals surface area contributed by atoms with Crippen LogP contribution in [-0.2, 0) is 0 Å². The van der Waals surface area contributed by atoms with Gasteiger partial charge >= 0.3 is 5.69 Å². The van der Waals surface area contributed by atoms with Gasteiger partial charge in [-0.15, -0.1) is 0 Å². The van der Waals surface area contributed by atoms with Crippen LogP contribution in [-0.4, -0.2) is 44.5 Å². The minimum Gasteiger partial charge on any atom is -0.494 e. The minimum absolute atomic E-state index is 0.111. The highest BCUT2D eigenvalue weighted by atomic mass is 16.5. The normalized spacial score (nSPS) is 10.8. The summed E-state index contributed by atoms with van der Waals surface area (Å²) in [4.78, 5) is 48.7. The first-order valence-corrected chi connectivity index (χ1v) is 10.4. The average Bonchev–Trinajstić information content (AvgIpc) is 3.15. The highest BCUT2D eigenvalue weighted by Gasteiger charge is 2.20. The molecule has 4 aromatic rings. The maximum absolute atomic E-state index is 12.9. The molecule has 0 aliphatic carbocycles. The summed E-state index contributed by atoms with van der Waals surface area (Å²) in [5.74, 6) is -0.181. The van der Waals surface area contributed by atoms with Gasteiger partial charge in [-0.1, -0.05) is 6.07 Å². The number of carbonyl (C=O) groups excluding carboxylic acids is 2. The molecular weight excluding hydrogens is 424 g/mol. The lowest BCUT2D eigenvalue weighted by Gasteiger charge is -2.09. The molecule has 2 aromatic carbocycles. The number of carbonyl (C=O) groups is 2. The zero-order valence-corrected chi connectivity index (χ0v) is 18.1. The highest BCUT2D eigenvalue weighted by molar-refractivity contribution is 6.02. The Morgan fingerprint density at radius 2 is 1.88 bits per heavy atom. The van der Waals surface area contributed by atoms with Gasteiger partial charge in [0.15, 0.2) is 17.2 Å². The van der Waals surface area contributed by atoms with Crippen molar-refractivity contribution in [3.05, 3.63) is 70.3 Å². The number of nitrogens with one attached hydrogen (secondary N) is 2. The number of H-pyrrole nitrogens is 1. The average molecular weight is 446 g/mol. The zero-order valence-electron chi connectivity index (χ0n) is 18.1. The van der Waals surface area contributed by atoms with Crippen molar-refractivity contribution in [1.29, 1.82) is 0 Å². The number of nitrogens with zero attached hydrogens (tertiary/aromatic N) is 3. The molecule has 0 fully saturated rings. The Morgan fingerprint density at radius 1 is 1.12 bits per heavy atom. The molecule has 0 unspecified atom stereocenters. The van der Waals surface area contributed by atoms with Crippen molar-refractivity contribution in [3.63, 3.8) is 0 Å². The summed E-state index contributed by atoms with van der Waals surface area (Å²) in [5.41, 5.74) is 6.58. The third-order valence-electron chi connectivity index (χ3n) is 4.90. The molecule has 168 valence electrons. The third-order valence-corrected chi connectivity index (χ3v) is 4.90. The molecule has 4 rings (SSSR count). The number of ether oxygens (including phenoxy) is 1. The van der Waals surface area contributed by atoms with Crippen LogP contribution in [0.2, 0.25) is 0 Å². The summed E-state index contributed by atoms with van der Waals surface area (Å²) in [6.45, 7) is 4.70. The molecule has 0 saturated carbocycles.